The van der Waals surface area contributed by atoms with Crippen LogP contribution in [0.1, 0.15) is 25.3 Å². The summed E-state index contributed by atoms with van der Waals surface area (Å²) in [5.74, 6) is 1.38. The Bertz CT molecular complexity index is 345. The molecule has 0 aliphatic carbocycles. The van der Waals surface area contributed by atoms with Crippen molar-refractivity contribution in [1.29, 1.82) is 0 Å². The van der Waals surface area contributed by atoms with Crippen molar-refractivity contribution in [2.75, 3.05) is 13.2 Å². The van der Waals surface area contributed by atoms with Crippen molar-refractivity contribution in [2.45, 2.75) is 30.8 Å². The molecule has 0 saturated carbocycles. The van der Waals surface area contributed by atoms with Crippen LogP contribution in [-0.2, 0) is 4.74 Å². The van der Waals surface area contributed by atoms with Crippen molar-refractivity contribution in [1.82, 2.24) is 0 Å². The van der Waals surface area contributed by atoms with Gasteiger partial charge < -0.3 is 9.47 Å². The first-order valence-corrected chi connectivity index (χ1v) is 5.69. The molecule has 1 aromatic rings. The third-order valence-electron chi connectivity index (χ3n) is 2.46. The molecule has 2 rings (SSSR count). The highest BCUT2D eigenvalue weighted by Gasteiger charge is 2.23. The van der Waals surface area contributed by atoms with Gasteiger partial charge in [0.2, 0.25) is 0 Å². The molecule has 1 heterocycles. The van der Waals surface area contributed by atoms with Gasteiger partial charge in [0.25, 0.3) is 0 Å². The van der Waals surface area contributed by atoms with Gasteiger partial charge in [-0.3, -0.25) is 0 Å². The van der Waals surface area contributed by atoms with Gasteiger partial charge in [0.15, 0.2) is 0 Å². The lowest BCUT2D eigenvalue weighted by molar-refractivity contribution is 0.262. The minimum atomic E-state index is 0.308. The van der Waals surface area contributed by atoms with E-state index in [1.807, 2.05) is 12.1 Å². The van der Waals surface area contributed by atoms with Crippen LogP contribution in [-0.4, -0.2) is 19.3 Å². The third-order valence-corrected chi connectivity index (χ3v) is 2.87. The van der Waals surface area contributed by atoms with E-state index < -0.39 is 0 Å². The maximum Gasteiger partial charge on any atom is 0.119 e. The standard InChI is InChI=1S/C12H16O2S/c1-8(2)11-5-9(3-4-12(11)15)13-6-10-7-14-10/h3-5,8,10,15H,6-7H2,1-2H3. The minimum Gasteiger partial charge on any atom is -0.491 e. The molecule has 1 atom stereocenters. The summed E-state index contributed by atoms with van der Waals surface area (Å²) in [6.45, 7) is 5.80. The summed E-state index contributed by atoms with van der Waals surface area (Å²) in [6.07, 6.45) is 0.308. The van der Waals surface area contributed by atoms with Gasteiger partial charge in [0.05, 0.1) is 6.61 Å². The normalized spacial score (nSPS) is 19.3. The second kappa shape index (κ2) is 4.45. The van der Waals surface area contributed by atoms with Crippen LogP contribution in [0.15, 0.2) is 23.1 Å². The van der Waals surface area contributed by atoms with Crippen molar-refractivity contribution in [2.24, 2.45) is 0 Å². The van der Waals surface area contributed by atoms with E-state index in [2.05, 4.69) is 32.5 Å². The van der Waals surface area contributed by atoms with E-state index in [1.54, 1.807) is 0 Å². The lowest BCUT2D eigenvalue weighted by atomic mass is 10.0. The molecule has 82 valence electrons. The SMILES string of the molecule is CC(C)c1cc(OCC2CO2)ccc1S. The molecule has 0 spiro atoms. The summed E-state index contributed by atoms with van der Waals surface area (Å²) in [5.41, 5.74) is 1.23. The van der Waals surface area contributed by atoms with Gasteiger partial charge >= 0.3 is 0 Å². The van der Waals surface area contributed by atoms with Crippen LogP contribution in [0, 0.1) is 0 Å². The van der Waals surface area contributed by atoms with Gasteiger partial charge in [-0.2, -0.15) is 0 Å². The van der Waals surface area contributed by atoms with E-state index in [4.69, 9.17) is 9.47 Å². The van der Waals surface area contributed by atoms with Crippen LogP contribution in [0.25, 0.3) is 0 Å². The molecule has 0 radical (unpaired) electrons. The van der Waals surface area contributed by atoms with Gasteiger partial charge in [-0.15, -0.1) is 12.6 Å². The maximum atomic E-state index is 5.62. The summed E-state index contributed by atoms with van der Waals surface area (Å²) >= 11 is 4.43. The predicted molar refractivity (Wildman–Crippen MR) is 63.0 cm³/mol. The van der Waals surface area contributed by atoms with Crippen LogP contribution in [0.5, 0.6) is 5.75 Å². The van der Waals surface area contributed by atoms with Crippen LogP contribution < -0.4 is 4.74 Å². The quantitative estimate of drug-likeness (QED) is 0.627. The zero-order valence-electron chi connectivity index (χ0n) is 9.06. The second-order valence-electron chi connectivity index (χ2n) is 4.14. The lowest BCUT2D eigenvalue weighted by Gasteiger charge is -2.11. The smallest absolute Gasteiger partial charge is 0.119 e. The van der Waals surface area contributed by atoms with Crippen molar-refractivity contribution < 1.29 is 9.47 Å². The van der Waals surface area contributed by atoms with Crippen molar-refractivity contribution in [3.8, 4) is 5.75 Å². The largest absolute Gasteiger partial charge is 0.491 e. The Kier molecular flexibility index (Phi) is 3.22. The fraction of sp³-hybridized carbons (Fsp3) is 0.500. The topological polar surface area (TPSA) is 21.8 Å². The Labute approximate surface area is 96.0 Å². The number of epoxide rings is 1. The molecule has 0 amide bonds. The van der Waals surface area contributed by atoms with Crippen LogP contribution in [0.2, 0.25) is 0 Å². The van der Waals surface area contributed by atoms with Gasteiger partial charge in [0.1, 0.15) is 18.5 Å². The fourth-order valence-electron chi connectivity index (χ4n) is 1.44. The number of hydrogen-bond acceptors (Lipinski definition) is 3. The highest BCUT2D eigenvalue weighted by molar-refractivity contribution is 7.80. The van der Waals surface area contributed by atoms with Crippen LogP contribution >= 0.6 is 12.6 Å². The Morgan fingerprint density at radius 3 is 2.87 bits per heavy atom. The summed E-state index contributed by atoms with van der Waals surface area (Å²) in [6, 6.07) is 6.01. The molecular weight excluding hydrogens is 208 g/mol. The van der Waals surface area contributed by atoms with E-state index in [0.717, 1.165) is 17.3 Å². The van der Waals surface area contributed by atoms with E-state index >= 15 is 0 Å². The number of thiol groups is 1. The second-order valence-corrected chi connectivity index (χ2v) is 4.62. The highest BCUT2D eigenvalue weighted by atomic mass is 32.1. The van der Waals surface area contributed by atoms with E-state index in [-0.39, 0.29) is 0 Å². The molecule has 2 nitrogen and oxygen atoms in total. The summed E-state index contributed by atoms with van der Waals surface area (Å²) in [7, 11) is 0. The predicted octanol–water partition coefficient (Wildman–Crippen LogP) is 2.88. The number of ether oxygens (including phenoxy) is 2. The van der Waals surface area contributed by atoms with Crippen molar-refractivity contribution in [3.05, 3.63) is 23.8 Å². The molecule has 1 saturated heterocycles. The maximum absolute atomic E-state index is 5.62. The third kappa shape index (κ3) is 2.89. The van der Waals surface area contributed by atoms with Gasteiger partial charge in [-0.1, -0.05) is 13.8 Å². The average molecular weight is 224 g/mol. The molecule has 0 aromatic heterocycles. The Morgan fingerprint density at radius 1 is 1.53 bits per heavy atom. The first kappa shape index (κ1) is 10.8. The van der Waals surface area contributed by atoms with Crippen LogP contribution in [0.3, 0.4) is 0 Å². The first-order valence-electron chi connectivity index (χ1n) is 5.24. The van der Waals surface area contributed by atoms with Crippen LogP contribution in [0.4, 0.5) is 0 Å². The molecule has 15 heavy (non-hydrogen) atoms. The van der Waals surface area contributed by atoms with E-state index in [1.165, 1.54) is 5.56 Å². The molecular formula is C12H16O2S. The fourth-order valence-corrected chi connectivity index (χ4v) is 1.84. The lowest BCUT2D eigenvalue weighted by Crippen LogP contribution is -2.04. The Hall–Kier alpha value is -0.670. The molecule has 0 N–H and O–H groups in total. The summed E-state index contributed by atoms with van der Waals surface area (Å²) in [4.78, 5) is 1.03. The first-order chi connectivity index (χ1) is 7.16. The molecule has 1 aliphatic heterocycles. The van der Waals surface area contributed by atoms with Gasteiger partial charge in [0, 0.05) is 4.90 Å². The molecule has 3 heteroatoms. The number of hydrogen-bond donors (Lipinski definition) is 1. The van der Waals surface area contributed by atoms with Gasteiger partial charge in [-0.05, 0) is 29.7 Å². The molecule has 1 aromatic carbocycles. The summed E-state index contributed by atoms with van der Waals surface area (Å²) < 4.78 is 10.7. The number of rotatable bonds is 4. The molecule has 0 bridgehead atoms. The Morgan fingerprint density at radius 2 is 2.27 bits per heavy atom. The highest BCUT2D eigenvalue weighted by Crippen LogP contribution is 2.27. The number of benzene rings is 1. The van der Waals surface area contributed by atoms with Gasteiger partial charge in [-0.25, -0.2) is 0 Å². The molecule has 1 unspecified atom stereocenters. The summed E-state index contributed by atoms with van der Waals surface area (Å²) in [5, 5.41) is 0. The molecule has 1 aliphatic rings. The van der Waals surface area contributed by atoms with E-state index in [0.29, 0.717) is 18.6 Å². The zero-order valence-corrected chi connectivity index (χ0v) is 9.96. The monoisotopic (exact) mass is 224 g/mol. The average Bonchev–Trinajstić information content (AvgIpc) is 3.00. The minimum absolute atomic E-state index is 0.308. The Balaban J connectivity index is 2.06. The zero-order chi connectivity index (χ0) is 10.8. The molecule has 1 fully saturated rings. The van der Waals surface area contributed by atoms with Crippen molar-refractivity contribution >= 4 is 12.6 Å². The van der Waals surface area contributed by atoms with Crippen molar-refractivity contribution in [3.63, 3.8) is 0 Å². The van der Waals surface area contributed by atoms with E-state index in [9.17, 15) is 0 Å².